The van der Waals surface area contributed by atoms with Gasteiger partial charge in [-0.3, -0.25) is 4.79 Å². The molecule has 0 saturated carbocycles. The molecule has 0 saturated heterocycles. The van der Waals surface area contributed by atoms with E-state index in [0.717, 1.165) is 28.9 Å². The summed E-state index contributed by atoms with van der Waals surface area (Å²) in [5.41, 5.74) is 2.17. The third-order valence-corrected chi connectivity index (χ3v) is 5.80. The van der Waals surface area contributed by atoms with Gasteiger partial charge in [-0.25, -0.2) is 4.79 Å². The number of hydrogen-bond donors (Lipinski definition) is 2. The number of benzene rings is 1. The summed E-state index contributed by atoms with van der Waals surface area (Å²) in [7, 11) is 1.66. The van der Waals surface area contributed by atoms with Crippen molar-refractivity contribution in [3.05, 3.63) is 51.3 Å². The maximum absolute atomic E-state index is 12.4. The Hall–Kier alpha value is -2.64. The van der Waals surface area contributed by atoms with E-state index in [1.54, 1.807) is 7.11 Å². The fourth-order valence-corrected chi connectivity index (χ4v) is 3.93. The number of carboxylic acid groups (broad SMARTS) is 1. The van der Waals surface area contributed by atoms with Gasteiger partial charge in [0.2, 0.25) is 0 Å². The standard InChI is InChI=1S/C23H29NO6/c1-14-8-16-15(9-20(14)30-7-5-6-29-4)10-21(23(2,3)13-25)24-12-17(22(27)28)19(26)11-18(16)24/h8-9,11-12,21,25H,5-7,10,13H2,1-4H3,(H,27,28). The van der Waals surface area contributed by atoms with Crippen LogP contribution in [0, 0.1) is 12.3 Å². The van der Waals surface area contributed by atoms with Gasteiger partial charge in [0.25, 0.3) is 0 Å². The van der Waals surface area contributed by atoms with E-state index in [2.05, 4.69) is 0 Å². The SMILES string of the molecule is COCCCOc1cc2c(cc1C)-c1cc(=O)c(C(=O)O)cn1C(C(C)(C)CO)C2. The number of ether oxygens (including phenoxy) is 2. The number of aliphatic hydroxyl groups excluding tert-OH is 1. The van der Waals surface area contributed by atoms with Crippen molar-refractivity contribution in [2.75, 3.05) is 26.9 Å². The number of aryl methyl sites for hydroxylation is 1. The fraction of sp³-hybridized carbons (Fsp3) is 0.478. The second-order valence-corrected chi connectivity index (χ2v) is 8.49. The molecule has 1 aromatic carbocycles. The number of nitrogens with zero attached hydrogens (tertiary/aromatic N) is 1. The summed E-state index contributed by atoms with van der Waals surface area (Å²) < 4.78 is 12.8. The van der Waals surface area contributed by atoms with Crippen molar-refractivity contribution in [3.63, 3.8) is 0 Å². The predicted octanol–water partition coefficient (Wildman–Crippen LogP) is 3.05. The van der Waals surface area contributed by atoms with Crippen molar-refractivity contribution < 1.29 is 24.5 Å². The van der Waals surface area contributed by atoms with Crippen molar-refractivity contribution in [3.8, 4) is 17.0 Å². The van der Waals surface area contributed by atoms with E-state index in [-0.39, 0.29) is 18.2 Å². The van der Waals surface area contributed by atoms with Crippen molar-refractivity contribution >= 4 is 5.97 Å². The van der Waals surface area contributed by atoms with Gasteiger partial charge in [-0.1, -0.05) is 13.8 Å². The molecule has 2 aromatic rings. The molecule has 1 aliphatic heterocycles. The minimum atomic E-state index is -1.25. The number of aromatic nitrogens is 1. The number of carboxylic acids is 1. The highest BCUT2D eigenvalue weighted by Crippen LogP contribution is 2.44. The summed E-state index contributed by atoms with van der Waals surface area (Å²) in [6.45, 7) is 6.90. The average Bonchev–Trinajstić information content (AvgIpc) is 2.70. The molecule has 0 spiro atoms. The molecule has 1 unspecified atom stereocenters. The first-order valence-electron chi connectivity index (χ1n) is 10.1. The van der Waals surface area contributed by atoms with Crippen molar-refractivity contribution in [2.45, 2.75) is 39.7 Å². The van der Waals surface area contributed by atoms with Crippen LogP contribution in [0.3, 0.4) is 0 Å². The predicted molar refractivity (Wildman–Crippen MR) is 113 cm³/mol. The summed E-state index contributed by atoms with van der Waals surface area (Å²) in [4.78, 5) is 24.0. The number of methoxy groups -OCH3 is 1. The largest absolute Gasteiger partial charge is 0.493 e. The second-order valence-electron chi connectivity index (χ2n) is 8.49. The molecular weight excluding hydrogens is 386 g/mol. The topological polar surface area (TPSA) is 98.0 Å². The highest BCUT2D eigenvalue weighted by atomic mass is 16.5. The van der Waals surface area contributed by atoms with Crippen molar-refractivity contribution in [1.29, 1.82) is 0 Å². The molecule has 3 rings (SSSR count). The minimum absolute atomic E-state index is 0.0762. The zero-order chi connectivity index (χ0) is 22.1. The highest BCUT2D eigenvalue weighted by molar-refractivity contribution is 5.87. The maximum Gasteiger partial charge on any atom is 0.341 e. The number of rotatable bonds is 8. The molecule has 0 radical (unpaired) electrons. The molecule has 1 atom stereocenters. The summed E-state index contributed by atoms with van der Waals surface area (Å²) >= 11 is 0. The van der Waals surface area contributed by atoms with Crippen LogP contribution in [0.25, 0.3) is 11.3 Å². The molecule has 162 valence electrons. The van der Waals surface area contributed by atoms with E-state index in [4.69, 9.17) is 9.47 Å². The Balaban J connectivity index is 2.12. The quantitative estimate of drug-likeness (QED) is 0.643. The Morgan fingerprint density at radius 1 is 1.27 bits per heavy atom. The van der Waals surface area contributed by atoms with Crippen LogP contribution in [0.5, 0.6) is 5.75 Å². The summed E-state index contributed by atoms with van der Waals surface area (Å²) in [5.74, 6) is -0.471. The van der Waals surface area contributed by atoms with E-state index in [0.29, 0.717) is 25.3 Å². The van der Waals surface area contributed by atoms with Crippen LogP contribution >= 0.6 is 0 Å². The maximum atomic E-state index is 12.4. The number of pyridine rings is 1. The molecule has 2 N–H and O–H groups in total. The minimum Gasteiger partial charge on any atom is -0.493 e. The number of hydrogen-bond acceptors (Lipinski definition) is 5. The molecule has 30 heavy (non-hydrogen) atoms. The first kappa shape index (κ1) is 22.1. The highest BCUT2D eigenvalue weighted by Gasteiger charge is 2.36. The Morgan fingerprint density at radius 3 is 2.63 bits per heavy atom. The lowest BCUT2D eigenvalue weighted by Crippen LogP contribution is -2.36. The zero-order valence-electron chi connectivity index (χ0n) is 17.9. The summed E-state index contributed by atoms with van der Waals surface area (Å²) in [6, 6.07) is 5.15. The van der Waals surface area contributed by atoms with Gasteiger partial charge in [-0.2, -0.15) is 0 Å². The third-order valence-electron chi connectivity index (χ3n) is 5.80. The van der Waals surface area contributed by atoms with Gasteiger partial charge in [0.15, 0.2) is 5.43 Å². The average molecular weight is 415 g/mol. The van der Waals surface area contributed by atoms with Gasteiger partial charge in [0.05, 0.1) is 18.9 Å². The first-order valence-corrected chi connectivity index (χ1v) is 10.1. The van der Waals surface area contributed by atoms with Crippen LogP contribution in [0.2, 0.25) is 0 Å². The van der Waals surface area contributed by atoms with Crippen LogP contribution in [0.1, 0.15) is 47.8 Å². The molecule has 7 heteroatoms. The third kappa shape index (κ3) is 4.13. The molecule has 7 nitrogen and oxygen atoms in total. The van der Waals surface area contributed by atoms with Crippen LogP contribution in [0.4, 0.5) is 0 Å². The molecule has 0 aliphatic carbocycles. The van der Waals surface area contributed by atoms with Gasteiger partial charge in [0.1, 0.15) is 11.3 Å². The van der Waals surface area contributed by atoms with Crippen LogP contribution in [-0.4, -0.2) is 47.7 Å². The second kappa shape index (κ2) is 8.62. The monoisotopic (exact) mass is 415 g/mol. The molecule has 2 heterocycles. The summed E-state index contributed by atoms with van der Waals surface area (Å²) in [6.07, 6.45) is 2.78. The number of aliphatic hydroxyl groups is 1. The van der Waals surface area contributed by atoms with E-state index >= 15 is 0 Å². The van der Waals surface area contributed by atoms with Crippen LogP contribution in [-0.2, 0) is 11.2 Å². The lowest BCUT2D eigenvalue weighted by atomic mass is 9.77. The first-order chi connectivity index (χ1) is 14.2. The van der Waals surface area contributed by atoms with Gasteiger partial charge >= 0.3 is 5.97 Å². The van der Waals surface area contributed by atoms with Gasteiger partial charge in [-0.15, -0.1) is 0 Å². The zero-order valence-corrected chi connectivity index (χ0v) is 17.9. The van der Waals surface area contributed by atoms with Gasteiger partial charge < -0.3 is 24.3 Å². The normalized spacial score (nSPS) is 15.4. The Bertz CT molecular complexity index is 1010. The fourth-order valence-electron chi connectivity index (χ4n) is 3.93. The molecule has 0 fully saturated rings. The number of carbonyl (C=O) groups is 1. The lowest BCUT2D eigenvalue weighted by molar-refractivity contribution is 0.0691. The Kier molecular flexibility index (Phi) is 6.33. The Labute approximate surface area is 175 Å². The van der Waals surface area contributed by atoms with Crippen molar-refractivity contribution in [1.82, 2.24) is 4.57 Å². The van der Waals surface area contributed by atoms with Gasteiger partial charge in [0, 0.05) is 49.4 Å². The number of fused-ring (bicyclic) bond motifs is 3. The smallest absolute Gasteiger partial charge is 0.341 e. The summed E-state index contributed by atoms with van der Waals surface area (Å²) in [5, 5.41) is 19.4. The molecule has 0 bridgehead atoms. The van der Waals surface area contributed by atoms with E-state index in [1.807, 2.05) is 37.5 Å². The molecule has 1 aromatic heterocycles. The molecule has 1 aliphatic rings. The van der Waals surface area contributed by atoms with Gasteiger partial charge in [-0.05, 0) is 36.6 Å². The Morgan fingerprint density at radius 2 is 2.00 bits per heavy atom. The van der Waals surface area contributed by atoms with E-state index in [1.165, 1.54) is 12.3 Å². The van der Waals surface area contributed by atoms with E-state index < -0.39 is 16.8 Å². The molecular formula is C23H29NO6. The van der Waals surface area contributed by atoms with Crippen molar-refractivity contribution in [2.24, 2.45) is 5.41 Å². The lowest BCUT2D eigenvalue weighted by Gasteiger charge is -2.40. The molecule has 0 amide bonds. The van der Waals surface area contributed by atoms with Crippen LogP contribution < -0.4 is 10.2 Å². The van der Waals surface area contributed by atoms with E-state index in [9.17, 15) is 19.8 Å². The number of aromatic carboxylic acids is 1. The van der Waals surface area contributed by atoms with Crippen LogP contribution in [0.15, 0.2) is 29.2 Å².